The maximum Gasteiger partial charge on any atom is 0.252 e. The second-order valence-corrected chi connectivity index (χ2v) is 6.54. The van der Waals surface area contributed by atoms with Crippen molar-refractivity contribution in [2.24, 2.45) is 0 Å². The number of hydrogen-bond acceptors (Lipinski definition) is 4. The molecule has 6 heteroatoms. The minimum atomic E-state index is -3.82. The van der Waals surface area contributed by atoms with Gasteiger partial charge in [0, 0.05) is 16.7 Å². The Kier molecular flexibility index (Phi) is 6.87. The Morgan fingerprint density at radius 3 is 2.00 bits per heavy atom. The summed E-state index contributed by atoms with van der Waals surface area (Å²) in [6.45, 7) is 8.00. The number of sulfone groups is 1. The van der Waals surface area contributed by atoms with Gasteiger partial charge in [0.15, 0.2) is 5.78 Å². The summed E-state index contributed by atoms with van der Waals surface area (Å²) in [5, 5.41) is -0.769. The lowest BCUT2D eigenvalue weighted by Gasteiger charge is -2.18. The van der Waals surface area contributed by atoms with Crippen molar-refractivity contribution in [3.8, 4) is 0 Å². The summed E-state index contributed by atoms with van der Waals surface area (Å²) >= 11 is 5.36. The molecule has 128 valence electrons. The third-order valence-electron chi connectivity index (χ3n) is 3.16. The minimum Gasteiger partial charge on any atom is -0.289 e. The number of ketones is 1. The highest BCUT2D eigenvalue weighted by molar-refractivity contribution is 7.91. The molecule has 0 fully saturated rings. The summed E-state index contributed by atoms with van der Waals surface area (Å²) < 4.78 is 25.0. The highest BCUT2D eigenvalue weighted by Crippen LogP contribution is 2.34. The van der Waals surface area contributed by atoms with Crippen LogP contribution in [-0.2, 0) is 9.84 Å². The molecule has 1 aliphatic heterocycles. The summed E-state index contributed by atoms with van der Waals surface area (Å²) in [7, 11) is -3.82. The molecule has 0 bridgehead atoms. The summed E-state index contributed by atoms with van der Waals surface area (Å²) in [6, 6.07) is 9.81. The highest BCUT2D eigenvalue weighted by atomic mass is 35.5. The lowest BCUT2D eigenvalue weighted by Crippen LogP contribution is -2.20. The Balaban J connectivity index is 0.000000671. The van der Waals surface area contributed by atoms with E-state index in [1.165, 1.54) is 24.3 Å². The van der Waals surface area contributed by atoms with Crippen LogP contribution >= 0.6 is 11.6 Å². The zero-order chi connectivity index (χ0) is 18.5. The average Bonchev–Trinajstić information content (AvgIpc) is 2.63. The molecular formula is C18H19ClO4S. The van der Waals surface area contributed by atoms with E-state index in [2.05, 4.69) is 0 Å². The van der Waals surface area contributed by atoms with Gasteiger partial charge in [-0.05, 0) is 41.9 Å². The third-order valence-corrected chi connectivity index (χ3v) is 5.23. The molecule has 4 nitrogen and oxygen atoms in total. The molecule has 2 aromatic carbocycles. The Morgan fingerprint density at radius 2 is 1.42 bits per heavy atom. The number of hydrogen-bond donors (Lipinski definition) is 0. The maximum atomic E-state index is 12.5. The number of carbonyl (C=O) groups is 2. The van der Waals surface area contributed by atoms with Crippen LogP contribution < -0.4 is 0 Å². The topological polar surface area (TPSA) is 68.3 Å². The van der Waals surface area contributed by atoms with Crippen molar-refractivity contribution >= 4 is 32.5 Å². The lowest BCUT2D eigenvalue weighted by atomic mass is 10.0. The standard InChI is InChI=1S/C14H7ClO4S.2C2H6/c15-14(17)8-5-6-10-12(7-8)20(18,19)11-4-2-1-3-9(11)13(10)16;2*1-2/h1-7H;2*1-2H3. The molecule has 0 unspecified atom stereocenters. The van der Waals surface area contributed by atoms with Crippen LogP contribution in [0.4, 0.5) is 0 Å². The average molecular weight is 367 g/mol. The van der Waals surface area contributed by atoms with Gasteiger partial charge in [-0.3, -0.25) is 9.59 Å². The Bertz CT molecular complexity index is 870. The van der Waals surface area contributed by atoms with Crippen molar-refractivity contribution in [3.63, 3.8) is 0 Å². The monoisotopic (exact) mass is 366 g/mol. The van der Waals surface area contributed by atoms with E-state index in [9.17, 15) is 18.0 Å². The molecule has 0 saturated carbocycles. The molecule has 0 N–H and O–H groups in total. The van der Waals surface area contributed by atoms with Crippen LogP contribution in [0.25, 0.3) is 0 Å². The molecule has 2 aromatic rings. The fraction of sp³-hybridized carbons (Fsp3) is 0.222. The summed E-state index contributed by atoms with van der Waals surface area (Å²) in [5.41, 5.74) is 0.247. The van der Waals surface area contributed by atoms with E-state index in [1.54, 1.807) is 12.1 Å². The Labute approximate surface area is 147 Å². The molecule has 0 radical (unpaired) electrons. The molecular weight excluding hydrogens is 348 g/mol. The number of carbonyl (C=O) groups excluding carboxylic acids is 2. The predicted molar refractivity (Wildman–Crippen MR) is 94.6 cm³/mol. The molecule has 1 aliphatic rings. The maximum absolute atomic E-state index is 12.5. The van der Waals surface area contributed by atoms with Gasteiger partial charge in [0.25, 0.3) is 5.24 Å². The zero-order valence-electron chi connectivity index (χ0n) is 14.0. The third kappa shape index (κ3) is 3.42. The molecule has 24 heavy (non-hydrogen) atoms. The van der Waals surface area contributed by atoms with Crippen LogP contribution in [0.5, 0.6) is 0 Å². The van der Waals surface area contributed by atoms with Gasteiger partial charge in [-0.25, -0.2) is 8.42 Å². The van der Waals surface area contributed by atoms with Crippen LogP contribution in [0, 0.1) is 0 Å². The normalized spacial score (nSPS) is 13.3. The van der Waals surface area contributed by atoms with Crippen molar-refractivity contribution in [3.05, 3.63) is 59.2 Å². The lowest BCUT2D eigenvalue weighted by molar-refractivity contribution is 0.102. The van der Waals surface area contributed by atoms with E-state index in [0.29, 0.717) is 0 Å². The van der Waals surface area contributed by atoms with Crippen LogP contribution in [-0.4, -0.2) is 19.4 Å². The van der Waals surface area contributed by atoms with Crippen molar-refractivity contribution < 1.29 is 18.0 Å². The van der Waals surface area contributed by atoms with Crippen molar-refractivity contribution in [1.82, 2.24) is 0 Å². The molecule has 1 heterocycles. The van der Waals surface area contributed by atoms with E-state index in [-0.39, 0.29) is 32.3 Å². The first-order valence-corrected chi connectivity index (χ1v) is 9.52. The highest BCUT2D eigenvalue weighted by Gasteiger charge is 2.34. The molecule has 0 spiro atoms. The predicted octanol–water partition coefficient (Wildman–Crippen LogP) is 4.50. The second kappa shape index (κ2) is 8.22. The summed E-state index contributed by atoms with van der Waals surface area (Å²) in [6.07, 6.45) is 0. The molecule has 0 aromatic heterocycles. The first-order valence-electron chi connectivity index (χ1n) is 7.65. The zero-order valence-corrected chi connectivity index (χ0v) is 15.5. The van der Waals surface area contributed by atoms with Crippen LogP contribution in [0.2, 0.25) is 0 Å². The van der Waals surface area contributed by atoms with Gasteiger partial charge in [0.1, 0.15) is 0 Å². The smallest absolute Gasteiger partial charge is 0.252 e. The van der Waals surface area contributed by atoms with E-state index >= 15 is 0 Å². The Morgan fingerprint density at radius 1 is 0.875 bits per heavy atom. The van der Waals surface area contributed by atoms with Gasteiger partial charge in [-0.15, -0.1) is 0 Å². The number of halogens is 1. The molecule has 3 rings (SSSR count). The summed E-state index contributed by atoms with van der Waals surface area (Å²) in [4.78, 5) is 23.2. The van der Waals surface area contributed by atoms with E-state index in [0.717, 1.165) is 6.07 Å². The van der Waals surface area contributed by atoms with Gasteiger partial charge in [0.05, 0.1) is 9.79 Å². The van der Waals surface area contributed by atoms with E-state index in [4.69, 9.17) is 11.6 Å². The van der Waals surface area contributed by atoms with Crippen LogP contribution in [0.1, 0.15) is 54.0 Å². The quantitative estimate of drug-likeness (QED) is 0.595. The molecule has 0 aliphatic carbocycles. The van der Waals surface area contributed by atoms with Crippen molar-refractivity contribution in [2.45, 2.75) is 37.5 Å². The van der Waals surface area contributed by atoms with Crippen LogP contribution in [0.15, 0.2) is 52.3 Å². The largest absolute Gasteiger partial charge is 0.289 e. The van der Waals surface area contributed by atoms with E-state index in [1.807, 2.05) is 27.7 Å². The summed E-state index contributed by atoms with van der Waals surface area (Å²) in [5.74, 6) is -0.376. The molecule has 0 saturated heterocycles. The fourth-order valence-electron chi connectivity index (χ4n) is 2.21. The van der Waals surface area contributed by atoms with Gasteiger partial charge in [-0.2, -0.15) is 0 Å². The van der Waals surface area contributed by atoms with Crippen LogP contribution in [0.3, 0.4) is 0 Å². The van der Waals surface area contributed by atoms with Gasteiger partial charge >= 0.3 is 0 Å². The van der Waals surface area contributed by atoms with Gasteiger partial charge < -0.3 is 0 Å². The molecule has 0 amide bonds. The number of fused-ring (bicyclic) bond motifs is 2. The number of benzene rings is 2. The fourth-order valence-corrected chi connectivity index (χ4v) is 4.00. The second-order valence-electron chi connectivity index (χ2n) is 4.31. The Hall–Kier alpha value is -1.98. The van der Waals surface area contributed by atoms with Gasteiger partial charge in [-0.1, -0.05) is 39.8 Å². The van der Waals surface area contributed by atoms with Crippen molar-refractivity contribution in [2.75, 3.05) is 0 Å². The number of rotatable bonds is 1. The SMILES string of the molecule is CC.CC.O=C(Cl)c1ccc2c(c1)S(=O)(=O)c1ccccc1C2=O. The van der Waals surface area contributed by atoms with E-state index < -0.39 is 15.1 Å². The molecule has 0 atom stereocenters. The van der Waals surface area contributed by atoms with Crippen molar-refractivity contribution in [1.29, 1.82) is 0 Å². The first-order chi connectivity index (χ1) is 11.4. The minimum absolute atomic E-state index is 0.0428. The van der Waals surface area contributed by atoms with Gasteiger partial charge in [0.2, 0.25) is 9.84 Å². The first kappa shape index (κ1) is 20.1.